The zero-order chi connectivity index (χ0) is 23.8. The van der Waals surface area contributed by atoms with Gasteiger partial charge in [-0.3, -0.25) is 4.98 Å². The molecule has 3 rings (SSSR count). The summed E-state index contributed by atoms with van der Waals surface area (Å²) >= 11 is 0. The fraction of sp³-hybridized carbons (Fsp3) is 0.364. The van der Waals surface area contributed by atoms with Gasteiger partial charge in [0.15, 0.2) is 0 Å². The number of carbonyl (C=O) groups is 1. The summed E-state index contributed by atoms with van der Waals surface area (Å²) in [6.45, 7) is 4.20. The van der Waals surface area contributed by atoms with Crippen molar-refractivity contribution in [3.63, 3.8) is 0 Å². The van der Waals surface area contributed by atoms with Crippen LogP contribution in [0.3, 0.4) is 0 Å². The molecule has 0 amide bonds. The van der Waals surface area contributed by atoms with Crippen molar-refractivity contribution in [2.24, 2.45) is 0 Å². The molecule has 3 aromatic rings. The topological polar surface area (TPSA) is 125 Å². The Morgan fingerprint density at radius 2 is 1.97 bits per heavy atom. The third-order valence-corrected chi connectivity index (χ3v) is 6.95. The van der Waals surface area contributed by atoms with Crippen molar-refractivity contribution in [3.05, 3.63) is 54.2 Å². The van der Waals surface area contributed by atoms with Gasteiger partial charge >= 0.3 is 5.97 Å². The number of rotatable bonds is 11. The van der Waals surface area contributed by atoms with Crippen molar-refractivity contribution >= 4 is 16.0 Å². The van der Waals surface area contributed by atoms with Crippen LogP contribution in [0.5, 0.6) is 5.75 Å². The van der Waals surface area contributed by atoms with Gasteiger partial charge in [0.2, 0.25) is 21.7 Å². The summed E-state index contributed by atoms with van der Waals surface area (Å²) in [5, 5.41) is 3.92. The summed E-state index contributed by atoms with van der Waals surface area (Å²) in [6, 6.07) is 7.81. The molecule has 0 radical (unpaired) electrons. The van der Waals surface area contributed by atoms with Gasteiger partial charge < -0.3 is 14.0 Å². The summed E-state index contributed by atoms with van der Waals surface area (Å²) in [5.41, 5.74) is 0.868. The van der Waals surface area contributed by atoms with Crippen LogP contribution in [-0.4, -0.2) is 60.6 Å². The highest BCUT2D eigenvalue weighted by atomic mass is 32.2. The van der Waals surface area contributed by atoms with Crippen LogP contribution in [0.2, 0.25) is 0 Å². The molecule has 0 spiro atoms. The molecule has 0 unspecified atom stereocenters. The Balaban J connectivity index is 1.61. The molecule has 0 saturated heterocycles. The van der Waals surface area contributed by atoms with Crippen LogP contribution in [0, 0.1) is 0 Å². The molecule has 0 fully saturated rings. The molecular formula is C22H26N4O6S. The van der Waals surface area contributed by atoms with Crippen molar-refractivity contribution in [1.82, 2.24) is 19.4 Å². The molecular weight excluding hydrogens is 448 g/mol. The standard InChI is InChI=1S/C22H26N4O6S/c1-4-26(5-2)33(28,29)19-14-16(10-11-18(19)30-3)22(27)31-13-7-9-20-24-21(25-32-20)17-8-6-12-23-15-17/h6,8,10-12,14-15H,4-5,7,9,13H2,1-3H3. The van der Waals surface area contributed by atoms with E-state index in [1.165, 1.54) is 29.6 Å². The molecule has 11 heteroatoms. The van der Waals surface area contributed by atoms with Gasteiger partial charge in [-0.15, -0.1) is 0 Å². The fourth-order valence-corrected chi connectivity index (χ4v) is 4.79. The van der Waals surface area contributed by atoms with E-state index in [0.717, 1.165) is 5.56 Å². The first-order valence-corrected chi connectivity index (χ1v) is 11.9. The molecule has 0 aliphatic rings. The maximum atomic E-state index is 12.9. The van der Waals surface area contributed by atoms with E-state index in [-0.39, 0.29) is 22.8 Å². The number of sulfonamides is 1. The Hall–Kier alpha value is -3.31. The van der Waals surface area contributed by atoms with E-state index in [1.807, 2.05) is 6.07 Å². The van der Waals surface area contributed by atoms with Gasteiger partial charge in [-0.25, -0.2) is 13.2 Å². The summed E-state index contributed by atoms with van der Waals surface area (Å²) in [7, 11) is -2.43. The molecule has 0 aliphatic carbocycles. The minimum atomic E-state index is -3.81. The third-order valence-electron chi connectivity index (χ3n) is 4.88. The highest BCUT2D eigenvalue weighted by Gasteiger charge is 2.27. The Labute approximate surface area is 192 Å². The highest BCUT2D eigenvalue weighted by molar-refractivity contribution is 7.89. The molecule has 0 saturated carbocycles. The Morgan fingerprint density at radius 3 is 2.64 bits per heavy atom. The number of esters is 1. The van der Waals surface area contributed by atoms with Crippen LogP contribution in [-0.2, 0) is 21.2 Å². The minimum absolute atomic E-state index is 0.0723. The monoisotopic (exact) mass is 474 g/mol. The quantitative estimate of drug-likeness (QED) is 0.305. The van der Waals surface area contributed by atoms with Gasteiger partial charge in [0.25, 0.3) is 0 Å². The second kappa shape index (κ2) is 11.0. The van der Waals surface area contributed by atoms with Crippen molar-refractivity contribution in [2.75, 3.05) is 26.8 Å². The number of aromatic nitrogens is 3. The lowest BCUT2D eigenvalue weighted by atomic mass is 10.2. The van der Waals surface area contributed by atoms with E-state index in [9.17, 15) is 13.2 Å². The number of ether oxygens (including phenoxy) is 2. The lowest BCUT2D eigenvalue weighted by Gasteiger charge is -2.20. The van der Waals surface area contributed by atoms with Crippen LogP contribution < -0.4 is 4.74 Å². The number of methoxy groups -OCH3 is 1. The lowest BCUT2D eigenvalue weighted by molar-refractivity contribution is 0.0498. The zero-order valence-electron chi connectivity index (χ0n) is 18.7. The molecule has 0 aliphatic heterocycles. The molecule has 33 heavy (non-hydrogen) atoms. The maximum absolute atomic E-state index is 12.9. The average Bonchev–Trinajstić information content (AvgIpc) is 3.31. The van der Waals surface area contributed by atoms with Crippen molar-refractivity contribution < 1.29 is 27.2 Å². The van der Waals surface area contributed by atoms with Crippen LogP contribution in [0.15, 0.2) is 52.1 Å². The summed E-state index contributed by atoms with van der Waals surface area (Å²) in [4.78, 5) is 20.8. The molecule has 0 bridgehead atoms. The van der Waals surface area contributed by atoms with Crippen LogP contribution in [0.25, 0.3) is 11.4 Å². The fourth-order valence-electron chi connectivity index (χ4n) is 3.15. The van der Waals surface area contributed by atoms with Crippen LogP contribution in [0.4, 0.5) is 0 Å². The van der Waals surface area contributed by atoms with E-state index < -0.39 is 16.0 Å². The van der Waals surface area contributed by atoms with Gasteiger partial charge in [0.1, 0.15) is 10.6 Å². The third kappa shape index (κ3) is 5.74. The largest absolute Gasteiger partial charge is 0.495 e. The van der Waals surface area contributed by atoms with Crippen LogP contribution in [0.1, 0.15) is 36.5 Å². The molecule has 0 N–H and O–H groups in total. The Kier molecular flexibility index (Phi) is 8.12. The number of benzene rings is 1. The first-order chi connectivity index (χ1) is 15.9. The van der Waals surface area contributed by atoms with E-state index >= 15 is 0 Å². The number of pyridine rings is 1. The zero-order valence-corrected chi connectivity index (χ0v) is 19.5. The molecule has 2 heterocycles. The number of hydrogen-bond donors (Lipinski definition) is 0. The Morgan fingerprint density at radius 1 is 1.18 bits per heavy atom. The normalized spacial score (nSPS) is 11.5. The van der Waals surface area contributed by atoms with Crippen molar-refractivity contribution in [3.8, 4) is 17.1 Å². The number of carbonyl (C=O) groups excluding carboxylic acids is 1. The summed E-state index contributed by atoms with van der Waals surface area (Å²) < 4.78 is 42.9. The highest BCUT2D eigenvalue weighted by Crippen LogP contribution is 2.28. The van der Waals surface area contributed by atoms with E-state index in [0.29, 0.717) is 37.6 Å². The van der Waals surface area contributed by atoms with Gasteiger partial charge in [-0.1, -0.05) is 19.0 Å². The number of nitrogens with zero attached hydrogens (tertiary/aromatic N) is 4. The van der Waals surface area contributed by atoms with Crippen molar-refractivity contribution in [2.45, 2.75) is 31.6 Å². The van der Waals surface area contributed by atoms with E-state index in [4.69, 9.17) is 14.0 Å². The second-order valence-corrected chi connectivity index (χ2v) is 8.85. The predicted molar refractivity (Wildman–Crippen MR) is 119 cm³/mol. The molecule has 176 valence electrons. The molecule has 10 nitrogen and oxygen atoms in total. The van der Waals surface area contributed by atoms with Gasteiger partial charge in [-0.05, 0) is 36.8 Å². The SMILES string of the molecule is CCN(CC)S(=O)(=O)c1cc(C(=O)OCCCc2nc(-c3cccnc3)no2)ccc1OC. The summed E-state index contributed by atoms with van der Waals surface area (Å²) in [5.74, 6) is 0.395. The van der Waals surface area contributed by atoms with Gasteiger partial charge in [0, 0.05) is 37.5 Å². The van der Waals surface area contributed by atoms with Gasteiger partial charge in [-0.2, -0.15) is 9.29 Å². The lowest BCUT2D eigenvalue weighted by Crippen LogP contribution is -2.31. The van der Waals surface area contributed by atoms with E-state index in [1.54, 1.807) is 32.3 Å². The van der Waals surface area contributed by atoms with Crippen molar-refractivity contribution in [1.29, 1.82) is 0 Å². The van der Waals surface area contributed by atoms with Gasteiger partial charge in [0.05, 0.1) is 19.3 Å². The second-order valence-electron chi connectivity index (χ2n) is 6.95. The van der Waals surface area contributed by atoms with Crippen LogP contribution >= 0.6 is 0 Å². The predicted octanol–water partition coefficient (Wildman–Crippen LogP) is 2.96. The maximum Gasteiger partial charge on any atom is 0.338 e. The Bertz CT molecular complexity index is 1180. The van der Waals surface area contributed by atoms with E-state index in [2.05, 4.69) is 15.1 Å². The number of aryl methyl sites for hydroxylation is 1. The molecule has 2 aromatic heterocycles. The number of hydrogen-bond acceptors (Lipinski definition) is 9. The minimum Gasteiger partial charge on any atom is -0.495 e. The molecule has 0 atom stereocenters. The molecule has 1 aromatic carbocycles. The smallest absolute Gasteiger partial charge is 0.338 e. The first-order valence-electron chi connectivity index (χ1n) is 10.5. The average molecular weight is 475 g/mol. The first kappa shape index (κ1) is 24.3. The summed E-state index contributed by atoms with van der Waals surface area (Å²) in [6.07, 6.45) is 4.18.